The molecule has 0 spiro atoms. The van der Waals surface area contributed by atoms with Crippen molar-refractivity contribution in [3.05, 3.63) is 132 Å². The first-order valence-corrected chi connectivity index (χ1v) is 18.6. The van der Waals surface area contributed by atoms with Crippen LogP contribution in [0, 0.1) is 0 Å². The maximum absolute atomic E-state index is 13.9. The van der Waals surface area contributed by atoms with E-state index < -0.39 is 36.2 Å². The molecular weight excluding hydrogens is 741 g/mol. The zero-order valence-electron chi connectivity index (χ0n) is 32.0. The Morgan fingerprint density at radius 1 is 0.672 bits per heavy atom. The molecule has 296 valence electrons. The van der Waals surface area contributed by atoms with Crippen molar-refractivity contribution >= 4 is 24.0 Å². The molecule has 0 unspecified atom stereocenters. The van der Waals surface area contributed by atoms with E-state index in [0.717, 1.165) is 28.8 Å². The summed E-state index contributed by atoms with van der Waals surface area (Å²) in [6, 6.07) is 23.0. The maximum atomic E-state index is 13.9. The van der Waals surface area contributed by atoms with Crippen LogP contribution in [0.3, 0.4) is 0 Å². The highest BCUT2D eigenvalue weighted by atomic mass is 16.5. The number of nitrogens with one attached hydrogen (secondary N) is 5. The number of hydrogen-bond acceptors (Lipinski definition) is 10. The molecule has 16 heteroatoms. The van der Waals surface area contributed by atoms with Crippen LogP contribution in [0.1, 0.15) is 66.7 Å². The Bertz CT molecular complexity index is 2350. The number of carbonyl (C=O) groups excluding carboxylic acids is 4. The number of aromatic nitrogens is 6. The number of alkyl carbamates (subject to hydrolysis) is 2. The van der Waals surface area contributed by atoms with E-state index in [-0.39, 0.29) is 11.9 Å². The van der Waals surface area contributed by atoms with Gasteiger partial charge in [-0.05, 0) is 36.5 Å². The zero-order valence-corrected chi connectivity index (χ0v) is 32.0. The topological polar surface area (TPSA) is 209 Å². The molecule has 58 heavy (non-hydrogen) atoms. The predicted octanol–water partition coefficient (Wildman–Crippen LogP) is 5.96. The number of benzene rings is 3. The summed E-state index contributed by atoms with van der Waals surface area (Å²) in [6.45, 7) is 2.32. The number of aromatic amines is 2. The van der Waals surface area contributed by atoms with E-state index >= 15 is 0 Å². The van der Waals surface area contributed by atoms with Crippen molar-refractivity contribution in [3.8, 4) is 33.9 Å². The largest absolute Gasteiger partial charge is 0.453 e. The lowest BCUT2D eigenvalue weighted by Crippen LogP contribution is -2.42. The van der Waals surface area contributed by atoms with E-state index in [1.54, 1.807) is 73.0 Å². The van der Waals surface area contributed by atoms with E-state index in [1.165, 1.54) is 14.2 Å². The lowest BCUT2D eigenvalue weighted by Gasteiger charge is -2.28. The number of imidazole rings is 2. The summed E-state index contributed by atoms with van der Waals surface area (Å²) in [5, 5.41) is 8.19. The fourth-order valence-corrected chi connectivity index (χ4v) is 6.85. The number of methoxy groups -OCH3 is 2. The molecule has 4 amide bonds. The van der Waals surface area contributed by atoms with Gasteiger partial charge in [0.25, 0.3) is 5.91 Å². The third-order valence-electron chi connectivity index (χ3n) is 9.90. The van der Waals surface area contributed by atoms with Crippen LogP contribution in [-0.4, -0.2) is 79.6 Å². The molecule has 3 aromatic carbocycles. The summed E-state index contributed by atoms with van der Waals surface area (Å²) in [7, 11) is 2.51. The Morgan fingerprint density at radius 2 is 1.24 bits per heavy atom. The second-order valence-corrected chi connectivity index (χ2v) is 13.6. The summed E-state index contributed by atoms with van der Waals surface area (Å²) in [5.41, 5.74) is 5.13. The minimum Gasteiger partial charge on any atom is -0.453 e. The standard InChI is InChI=1S/C42H42N10O6/c1-25(47-39(53)34(50-41(55)57-2)27-11-6-4-7-12-27)36-45-23-31(48-36)26-16-18-29(19-17-26)37-43-21-30(22-44-37)32-24-46-38(49-32)33-15-10-20-52(33)40(54)35(51-42(56)58-3)28-13-8-5-9-14-28/h4-9,11-14,16-19,21-25,33-35H,10,15,20H2,1-3H3,(H,45,48)(H,46,49)(H,47,53)(H,50,55)(H,51,56)/t25-,33+,34+,35+/m0/s1. The number of rotatable bonds is 12. The van der Waals surface area contributed by atoms with Gasteiger partial charge in [-0.3, -0.25) is 9.59 Å². The van der Waals surface area contributed by atoms with E-state index in [4.69, 9.17) is 9.47 Å². The van der Waals surface area contributed by atoms with Gasteiger partial charge in [-0.15, -0.1) is 0 Å². The Kier molecular flexibility index (Phi) is 11.8. The highest BCUT2D eigenvalue weighted by molar-refractivity contribution is 5.88. The van der Waals surface area contributed by atoms with Crippen LogP contribution in [0.15, 0.2) is 110 Å². The first kappa shape index (κ1) is 38.9. The van der Waals surface area contributed by atoms with Crippen molar-refractivity contribution in [2.45, 2.75) is 43.9 Å². The Labute approximate surface area is 333 Å². The number of nitrogens with zero attached hydrogens (tertiary/aromatic N) is 5. The Balaban J connectivity index is 0.990. The van der Waals surface area contributed by atoms with Crippen molar-refractivity contribution in [1.29, 1.82) is 0 Å². The van der Waals surface area contributed by atoms with Crippen molar-refractivity contribution in [1.82, 2.24) is 50.8 Å². The zero-order chi connectivity index (χ0) is 40.6. The van der Waals surface area contributed by atoms with Gasteiger partial charge in [-0.1, -0.05) is 84.9 Å². The van der Waals surface area contributed by atoms with Crippen molar-refractivity contribution in [3.63, 3.8) is 0 Å². The van der Waals surface area contributed by atoms with Crippen LogP contribution >= 0.6 is 0 Å². The second-order valence-electron chi connectivity index (χ2n) is 13.6. The number of amides is 4. The van der Waals surface area contributed by atoms with Crippen LogP contribution in [0.25, 0.3) is 33.9 Å². The van der Waals surface area contributed by atoms with Gasteiger partial charge in [0.2, 0.25) is 5.91 Å². The van der Waals surface area contributed by atoms with E-state index in [1.807, 2.05) is 48.5 Å². The van der Waals surface area contributed by atoms with Crippen LogP contribution in [0.2, 0.25) is 0 Å². The molecule has 1 aliphatic heterocycles. The summed E-state index contributed by atoms with van der Waals surface area (Å²) in [4.78, 5) is 78.0. The molecule has 7 rings (SSSR count). The average molecular weight is 783 g/mol. The number of H-pyrrole nitrogens is 2. The highest BCUT2D eigenvalue weighted by Crippen LogP contribution is 2.34. The maximum Gasteiger partial charge on any atom is 0.407 e. The minimum atomic E-state index is -0.954. The molecule has 0 radical (unpaired) electrons. The molecule has 5 N–H and O–H groups in total. The molecule has 1 saturated heterocycles. The first-order chi connectivity index (χ1) is 28.2. The fraction of sp³-hybridized carbons (Fsp3) is 0.238. The molecule has 16 nitrogen and oxygen atoms in total. The van der Waals surface area contributed by atoms with E-state index in [2.05, 4.69) is 45.9 Å². The van der Waals surface area contributed by atoms with Gasteiger partial charge >= 0.3 is 12.2 Å². The minimum absolute atomic E-state index is 0.245. The van der Waals surface area contributed by atoms with Gasteiger partial charge in [0.05, 0.1) is 50.1 Å². The van der Waals surface area contributed by atoms with E-state index in [9.17, 15) is 19.2 Å². The molecule has 6 aromatic rings. The lowest BCUT2D eigenvalue weighted by molar-refractivity contribution is -0.134. The van der Waals surface area contributed by atoms with Gasteiger partial charge < -0.3 is 40.3 Å². The Hall–Kier alpha value is -7.36. The summed E-state index contributed by atoms with van der Waals surface area (Å²) < 4.78 is 9.53. The van der Waals surface area contributed by atoms with Crippen LogP contribution in [-0.2, 0) is 19.1 Å². The van der Waals surface area contributed by atoms with Crippen LogP contribution < -0.4 is 16.0 Å². The molecule has 3 aromatic heterocycles. The van der Waals surface area contributed by atoms with Crippen molar-refractivity contribution in [2.75, 3.05) is 20.8 Å². The molecule has 0 saturated carbocycles. The third kappa shape index (κ3) is 8.70. The molecule has 4 atom stereocenters. The van der Waals surface area contributed by atoms with Gasteiger partial charge in [0.1, 0.15) is 23.7 Å². The van der Waals surface area contributed by atoms with Gasteiger partial charge in [-0.2, -0.15) is 0 Å². The summed E-state index contributed by atoms with van der Waals surface area (Å²) >= 11 is 0. The SMILES string of the molecule is COC(=O)N[C@@H](C(=O)N[C@@H](C)c1ncc(-c2ccc(-c3ncc(-c4cnc([C@H]5CCCN5C(=O)[C@H](NC(=O)OC)c5ccccc5)[nH]4)cn3)cc2)[nH]1)c1ccccc1. The summed E-state index contributed by atoms with van der Waals surface area (Å²) in [6.07, 6.45) is 6.93. The molecule has 0 aliphatic carbocycles. The van der Waals surface area contributed by atoms with Crippen molar-refractivity contribution < 1.29 is 28.7 Å². The van der Waals surface area contributed by atoms with E-state index in [0.29, 0.717) is 47.3 Å². The first-order valence-electron chi connectivity index (χ1n) is 18.6. The molecule has 0 bridgehead atoms. The van der Waals surface area contributed by atoms with Gasteiger partial charge in [0, 0.05) is 30.1 Å². The fourth-order valence-electron chi connectivity index (χ4n) is 6.85. The van der Waals surface area contributed by atoms with Crippen LogP contribution in [0.5, 0.6) is 0 Å². The lowest BCUT2D eigenvalue weighted by atomic mass is 10.1. The summed E-state index contributed by atoms with van der Waals surface area (Å²) in [5.74, 6) is 1.04. The second kappa shape index (κ2) is 17.6. The predicted molar refractivity (Wildman–Crippen MR) is 212 cm³/mol. The van der Waals surface area contributed by atoms with Gasteiger partial charge in [-0.25, -0.2) is 29.5 Å². The third-order valence-corrected chi connectivity index (χ3v) is 9.90. The van der Waals surface area contributed by atoms with Crippen LogP contribution in [0.4, 0.5) is 9.59 Å². The quantitative estimate of drug-likeness (QED) is 0.0984. The number of ether oxygens (including phenoxy) is 2. The van der Waals surface area contributed by atoms with Crippen molar-refractivity contribution in [2.24, 2.45) is 0 Å². The number of carbonyl (C=O) groups is 4. The van der Waals surface area contributed by atoms with Gasteiger partial charge in [0.15, 0.2) is 5.82 Å². The monoisotopic (exact) mass is 782 g/mol. The normalized spacial score (nSPS) is 15.2. The molecule has 1 aliphatic rings. The Morgan fingerprint density at radius 3 is 1.88 bits per heavy atom. The average Bonchev–Trinajstić information content (AvgIpc) is 4.07. The molecular formula is C42H42N10O6. The highest BCUT2D eigenvalue weighted by Gasteiger charge is 2.37. The molecule has 4 heterocycles. The number of hydrogen-bond donors (Lipinski definition) is 5. The smallest absolute Gasteiger partial charge is 0.407 e. The number of likely N-dealkylation sites (tertiary alicyclic amines) is 1. The molecule has 1 fully saturated rings.